The molecule has 0 spiro atoms. The van der Waals surface area contributed by atoms with Crippen LogP contribution in [0.3, 0.4) is 0 Å². The number of rotatable bonds is 5. The first-order valence-electron chi connectivity index (χ1n) is 7.13. The number of nitrogens with one attached hydrogen (secondary N) is 2. The summed E-state index contributed by atoms with van der Waals surface area (Å²) in [6.45, 7) is 2.78. The number of amides is 1. The van der Waals surface area contributed by atoms with Crippen LogP contribution in [0.15, 0.2) is 12.1 Å². The zero-order valence-electron chi connectivity index (χ0n) is 12.0. The Morgan fingerprint density at radius 3 is 2.86 bits per heavy atom. The molecule has 0 aromatic heterocycles. The maximum Gasteiger partial charge on any atom is 0.255 e. The van der Waals surface area contributed by atoms with Crippen LogP contribution in [0, 0.1) is 5.92 Å². The first-order valence-corrected chi connectivity index (χ1v) is 7.89. The predicted molar refractivity (Wildman–Crippen MR) is 85.6 cm³/mol. The fraction of sp³-hybridized carbons (Fsp3) is 0.533. The van der Waals surface area contributed by atoms with Gasteiger partial charge in [-0.2, -0.15) is 0 Å². The Labute approximate surface area is 135 Å². The molecule has 1 aliphatic heterocycles. The van der Waals surface area contributed by atoms with Gasteiger partial charge in [0.1, 0.15) is 5.75 Å². The Morgan fingerprint density at radius 2 is 2.19 bits per heavy atom. The van der Waals surface area contributed by atoms with Gasteiger partial charge in [-0.3, -0.25) is 4.79 Å². The van der Waals surface area contributed by atoms with Crippen LogP contribution in [0.4, 0.5) is 0 Å². The molecule has 0 bridgehead atoms. The monoisotopic (exact) mass is 330 g/mol. The molecule has 116 valence electrons. The van der Waals surface area contributed by atoms with E-state index in [1.807, 2.05) is 0 Å². The van der Waals surface area contributed by atoms with Crippen molar-refractivity contribution in [1.29, 1.82) is 0 Å². The van der Waals surface area contributed by atoms with Crippen LogP contribution < -0.4 is 15.4 Å². The van der Waals surface area contributed by atoms with Gasteiger partial charge in [-0.25, -0.2) is 0 Å². The van der Waals surface area contributed by atoms with E-state index in [0.29, 0.717) is 33.8 Å². The van der Waals surface area contributed by atoms with Crippen molar-refractivity contribution < 1.29 is 9.53 Å². The minimum absolute atomic E-state index is 0.186. The number of ether oxygens (including phenoxy) is 1. The van der Waals surface area contributed by atoms with Gasteiger partial charge in [-0.05, 0) is 44.3 Å². The largest absolute Gasteiger partial charge is 0.496 e. The number of carbonyl (C=O) groups excluding carboxylic acids is 1. The van der Waals surface area contributed by atoms with E-state index in [1.165, 1.54) is 20.0 Å². The standard InChI is InChI=1S/C15H20Cl2N2O2/c1-21-14-8-13(17)12(16)7-11(14)15(20)19-6-4-10-3-2-5-18-9-10/h7-8,10,18H,2-6,9H2,1H3,(H,19,20). The molecule has 2 N–H and O–H groups in total. The summed E-state index contributed by atoms with van der Waals surface area (Å²) in [7, 11) is 1.50. The van der Waals surface area contributed by atoms with Crippen LogP contribution in [0.25, 0.3) is 0 Å². The molecule has 1 saturated heterocycles. The Morgan fingerprint density at radius 1 is 1.43 bits per heavy atom. The van der Waals surface area contributed by atoms with Gasteiger partial charge in [0.05, 0.1) is 22.7 Å². The van der Waals surface area contributed by atoms with Gasteiger partial charge in [-0.1, -0.05) is 23.2 Å². The average Bonchev–Trinajstić information content (AvgIpc) is 2.50. The van der Waals surface area contributed by atoms with Crippen LogP contribution in [0.5, 0.6) is 5.75 Å². The zero-order valence-corrected chi connectivity index (χ0v) is 13.6. The number of hydrogen-bond donors (Lipinski definition) is 2. The smallest absolute Gasteiger partial charge is 0.255 e. The Kier molecular flexibility index (Phi) is 6.15. The van der Waals surface area contributed by atoms with Crippen molar-refractivity contribution in [1.82, 2.24) is 10.6 Å². The first kappa shape index (κ1) is 16.4. The molecule has 1 unspecified atom stereocenters. The van der Waals surface area contributed by atoms with Crippen LogP contribution in [0.1, 0.15) is 29.6 Å². The summed E-state index contributed by atoms with van der Waals surface area (Å²) in [4.78, 5) is 12.2. The van der Waals surface area contributed by atoms with Crippen LogP contribution in [0.2, 0.25) is 10.0 Å². The maximum atomic E-state index is 12.2. The van der Waals surface area contributed by atoms with Crippen molar-refractivity contribution in [2.75, 3.05) is 26.7 Å². The zero-order chi connectivity index (χ0) is 15.2. The summed E-state index contributed by atoms with van der Waals surface area (Å²) in [5.41, 5.74) is 0.411. The highest BCUT2D eigenvalue weighted by atomic mass is 35.5. The van der Waals surface area contributed by atoms with Crippen molar-refractivity contribution in [2.45, 2.75) is 19.3 Å². The molecule has 1 heterocycles. The molecule has 6 heteroatoms. The van der Waals surface area contributed by atoms with Crippen molar-refractivity contribution in [3.63, 3.8) is 0 Å². The number of halogens is 2. The summed E-state index contributed by atoms with van der Waals surface area (Å²) in [5, 5.41) is 7.01. The Hall–Kier alpha value is -0.970. The molecular formula is C15H20Cl2N2O2. The molecule has 1 aliphatic rings. The molecule has 21 heavy (non-hydrogen) atoms. The minimum atomic E-state index is -0.186. The molecular weight excluding hydrogens is 311 g/mol. The van der Waals surface area contributed by atoms with E-state index in [-0.39, 0.29) is 5.91 Å². The van der Waals surface area contributed by atoms with Gasteiger partial charge >= 0.3 is 0 Å². The third-order valence-corrected chi connectivity index (χ3v) is 4.45. The molecule has 2 rings (SSSR count). The number of benzene rings is 1. The van der Waals surface area contributed by atoms with Gasteiger partial charge < -0.3 is 15.4 Å². The molecule has 1 amide bonds. The molecule has 1 aromatic carbocycles. The van der Waals surface area contributed by atoms with Crippen molar-refractivity contribution in [2.24, 2.45) is 5.92 Å². The minimum Gasteiger partial charge on any atom is -0.496 e. The van der Waals surface area contributed by atoms with E-state index in [1.54, 1.807) is 12.1 Å². The Balaban J connectivity index is 1.92. The third-order valence-electron chi connectivity index (χ3n) is 3.72. The molecule has 4 nitrogen and oxygen atoms in total. The van der Waals surface area contributed by atoms with Gasteiger partial charge in [-0.15, -0.1) is 0 Å². The molecule has 0 aliphatic carbocycles. The van der Waals surface area contributed by atoms with E-state index in [9.17, 15) is 4.79 Å². The van der Waals surface area contributed by atoms with E-state index in [2.05, 4.69) is 10.6 Å². The van der Waals surface area contributed by atoms with Crippen LogP contribution in [-0.2, 0) is 0 Å². The number of carbonyl (C=O) groups is 1. The second kappa shape index (κ2) is 7.87. The molecule has 0 saturated carbocycles. The van der Waals surface area contributed by atoms with E-state index >= 15 is 0 Å². The summed E-state index contributed by atoms with van der Waals surface area (Å²) < 4.78 is 5.18. The van der Waals surface area contributed by atoms with Gasteiger partial charge in [0.15, 0.2) is 0 Å². The predicted octanol–water partition coefficient (Wildman–Crippen LogP) is 3.12. The molecule has 1 fully saturated rings. The summed E-state index contributed by atoms with van der Waals surface area (Å²) in [6.07, 6.45) is 3.40. The topological polar surface area (TPSA) is 50.4 Å². The normalized spacial score (nSPS) is 18.3. The number of piperidine rings is 1. The van der Waals surface area contributed by atoms with E-state index in [4.69, 9.17) is 27.9 Å². The van der Waals surface area contributed by atoms with Crippen LogP contribution in [-0.4, -0.2) is 32.7 Å². The van der Waals surface area contributed by atoms with E-state index in [0.717, 1.165) is 19.5 Å². The quantitative estimate of drug-likeness (QED) is 0.872. The SMILES string of the molecule is COc1cc(Cl)c(Cl)cc1C(=O)NCCC1CCCNC1. The van der Waals surface area contributed by atoms with Gasteiger partial charge in [0.2, 0.25) is 0 Å². The second-order valence-corrected chi connectivity index (χ2v) is 6.04. The summed E-state index contributed by atoms with van der Waals surface area (Å²) in [5.74, 6) is 0.880. The lowest BCUT2D eigenvalue weighted by molar-refractivity contribution is 0.0947. The first-order chi connectivity index (χ1) is 10.1. The summed E-state index contributed by atoms with van der Waals surface area (Å²) >= 11 is 11.9. The molecule has 1 atom stereocenters. The highest BCUT2D eigenvalue weighted by Crippen LogP contribution is 2.30. The Bertz CT molecular complexity index is 503. The molecule has 0 radical (unpaired) electrons. The highest BCUT2D eigenvalue weighted by molar-refractivity contribution is 6.42. The number of methoxy groups -OCH3 is 1. The lowest BCUT2D eigenvalue weighted by Gasteiger charge is -2.22. The lowest BCUT2D eigenvalue weighted by atomic mass is 9.96. The van der Waals surface area contributed by atoms with Gasteiger partial charge in [0, 0.05) is 12.6 Å². The second-order valence-electron chi connectivity index (χ2n) is 5.22. The van der Waals surface area contributed by atoms with Crippen molar-refractivity contribution in [3.8, 4) is 5.75 Å². The average molecular weight is 331 g/mol. The summed E-state index contributed by atoms with van der Waals surface area (Å²) in [6, 6.07) is 3.10. The number of hydrogen-bond acceptors (Lipinski definition) is 3. The third kappa shape index (κ3) is 4.50. The van der Waals surface area contributed by atoms with E-state index < -0.39 is 0 Å². The fourth-order valence-electron chi connectivity index (χ4n) is 2.53. The van der Waals surface area contributed by atoms with Crippen molar-refractivity contribution in [3.05, 3.63) is 27.7 Å². The molecule has 1 aromatic rings. The van der Waals surface area contributed by atoms with Gasteiger partial charge in [0.25, 0.3) is 5.91 Å². The highest BCUT2D eigenvalue weighted by Gasteiger charge is 2.16. The fourth-order valence-corrected chi connectivity index (χ4v) is 2.85. The van der Waals surface area contributed by atoms with Crippen LogP contribution >= 0.6 is 23.2 Å². The maximum absolute atomic E-state index is 12.2. The lowest BCUT2D eigenvalue weighted by Crippen LogP contribution is -2.33. The van der Waals surface area contributed by atoms with Crippen molar-refractivity contribution >= 4 is 29.1 Å².